The monoisotopic (exact) mass is 310 g/mol. The van der Waals surface area contributed by atoms with Crippen molar-refractivity contribution >= 4 is 23.0 Å². The Morgan fingerprint density at radius 2 is 2.27 bits per heavy atom. The summed E-state index contributed by atoms with van der Waals surface area (Å²) in [5.74, 6) is -0.593. The number of anilines is 1. The minimum absolute atomic E-state index is 0.0384. The fourth-order valence-electron chi connectivity index (χ4n) is 2.08. The standard InChI is InChI=1S/C13H18N4O5/c1-2-22-12(20)9-7-8-10(15-13(14)16-11(8)19)17(9)3-5-21-6-4-18/h7,18H,2-6H2,1H3,(H3,14,15,16,19). The molecule has 2 rings (SSSR count). The number of esters is 1. The van der Waals surface area contributed by atoms with Gasteiger partial charge in [0.2, 0.25) is 5.95 Å². The van der Waals surface area contributed by atoms with Crippen LogP contribution < -0.4 is 11.3 Å². The van der Waals surface area contributed by atoms with Gasteiger partial charge in [-0.05, 0) is 13.0 Å². The highest BCUT2D eigenvalue weighted by Gasteiger charge is 2.19. The number of aliphatic hydroxyl groups excluding tert-OH is 1. The van der Waals surface area contributed by atoms with Crippen molar-refractivity contribution in [2.75, 3.05) is 32.2 Å². The number of aromatic nitrogens is 3. The fourth-order valence-corrected chi connectivity index (χ4v) is 2.08. The van der Waals surface area contributed by atoms with E-state index in [4.69, 9.17) is 20.3 Å². The van der Waals surface area contributed by atoms with Crippen LogP contribution in [-0.2, 0) is 16.0 Å². The van der Waals surface area contributed by atoms with E-state index < -0.39 is 11.5 Å². The largest absolute Gasteiger partial charge is 0.461 e. The number of H-pyrrole nitrogens is 1. The lowest BCUT2D eigenvalue weighted by molar-refractivity contribution is 0.0507. The van der Waals surface area contributed by atoms with Crippen molar-refractivity contribution in [3.8, 4) is 0 Å². The fraction of sp³-hybridized carbons (Fsp3) is 0.462. The third kappa shape index (κ3) is 3.26. The van der Waals surface area contributed by atoms with E-state index in [-0.39, 0.29) is 55.6 Å². The summed E-state index contributed by atoms with van der Waals surface area (Å²) in [5, 5.41) is 8.95. The molecule has 0 aliphatic heterocycles. The number of nitrogens with one attached hydrogen (secondary N) is 1. The molecule has 0 unspecified atom stereocenters. The molecular formula is C13H18N4O5. The van der Waals surface area contributed by atoms with E-state index in [0.717, 1.165) is 0 Å². The van der Waals surface area contributed by atoms with Gasteiger partial charge in [-0.3, -0.25) is 9.78 Å². The second-order valence-corrected chi connectivity index (χ2v) is 4.43. The maximum absolute atomic E-state index is 12.0. The number of nitrogens with two attached hydrogens (primary N) is 1. The topological polar surface area (TPSA) is 132 Å². The van der Waals surface area contributed by atoms with Crippen LogP contribution in [0.15, 0.2) is 10.9 Å². The third-order valence-corrected chi connectivity index (χ3v) is 2.96. The summed E-state index contributed by atoms with van der Waals surface area (Å²) in [4.78, 5) is 30.4. The van der Waals surface area contributed by atoms with Gasteiger partial charge in [0.1, 0.15) is 11.3 Å². The van der Waals surface area contributed by atoms with Crippen LogP contribution in [0.4, 0.5) is 5.95 Å². The van der Waals surface area contributed by atoms with Crippen LogP contribution >= 0.6 is 0 Å². The highest BCUT2D eigenvalue weighted by Crippen LogP contribution is 2.16. The number of nitrogen functional groups attached to an aromatic ring is 1. The molecule has 120 valence electrons. The number of carbonyl (C=O) groups is 1. The number of carbonyl (C=O) groups excluding carboxylic acids is 1. The van der Waals surface area contributed by atoms with Crippen molar-refractivity contribution < 1.29 is 19.4 Å². The molecule has 0 bridgehead atoms. The summed E-state index contributed by atoms with van der Waals surface area (Å²) in [6.45, 7) is 2.51. The zero-order valence-corrected chi connectivity index (χ0v) is 12.2. The van der Waals surface area contributed by atoms with Crippen LogP contribution in [0.1, 0.15) is 17.4 Å². The van der Waals surface area contributed by atoms with Crippen LogP contribution in [0, 0.1) is 0 Å². The normalized spacial score (nSPS) is 11.0. The average Bonchev–Trinajstić information content (AvgIpc) is 2.83. The van der Waals surface area contributed by atoms with E-state index in [2.05, 4.69) is 9.97 Å². The van der Waals surface area contributed by atoms with Crippen LogP contribution in [0.2, 0.25) is 0 Å². The molecule has 0 aliphatic rings. The summed E-state index contributed by atoms with van der Waals surface area (Å²) < 4.78 is 11.7. The first-order valence-corrected chi connectivity index (χ1v) is 6.83. The van der Waals surface area contributed by atoms with Gasteiger partial charge >= 0.3 is 5.97 Å². The van der Waals surface area contributed by atoms with Crippen molar-refractivity contribution in [2.45, 2.75) is 13.5 Å². The molecule has 22 heavy (non-hydrogen) atoms. The molecular weight excluding hydrogens is 292 g/mol. The van der Waals surface area contributed by atoms with Gasteiger partial charge in [-0.15, -0.1) is 0 Å². The molecule has 0 atom stereocenters. The average molecular weight is 310 g/mol. The Bertz CT molecular complexity index is 721. The predicted octanol–water partition coefficient (Wildman–Crippen LogP) is -0.508. The molecule has 0 saturated heterocycles. The van der Waals surface area contributed by atoms with Gasteiger partial charge in [-0.25, -0.2) is 4.79 Å². The van der Waals surface area contributed by atoms with Crippen molar-refractivity contribution in [3.63, 3.8) is 0 Å². The number of ether oxygens (including phenoxy) is 2. The summed E-state index contributed by atoms with van der Waals surface area (Å²) >= 11 is 0. The van der Waals surface area contributed by atoms with Gasteiger partial charge < -0.3 is 24.9 Å². The highest BCUT2D eigenvalue weighted by molar-refractivity contribution is 5.94. The van der Waals surface area contributed by atoms with Gasteiger partial charge in [-0.2, -0.15) is 4.98 Å². The molecule has 0 aromatic carbocycles. The maximum Gasteiger partial charge on any atom is 0.355 e. The molecule has 0 amide bonds. The van der Waals surface area contributed by atoms with Gasteiger partial charge in [-0.1, -0.05) is 0 Å². The molecule has 2 aromatic heterocycles. The van der Waals surface area contributed by atoms with E-state index in [1.54, 1.807) is 6.92 Å². The van der Waals surface area contributed by atoms with E-state index in [1.165, 1.54) is 10.6 Å². The Morgan fingerprint density at radius 3 is 2.95 bits per heavy atom. The molecule has 0 radical (unpaired) electrons. The highest BCUT2D eigenvalue weighted by atomic mass is 16.5. The third-order valence-electron chi connectivity index (χ3n) is 2.96. The van der Waals surface area contributed by atoms with Crippen molar-refractivity contribution in [3.05, 3.63) is 22.1 Å². The lowest BCUT2D eigenvalue weighted by Gasteiger charge is -2.09. The number of aromatic amines is 1. The zero-order chi connectivity index (χ0) is 16.1. The van der Waals surface area contributed by atoms with Gasteiger partial charge in [0.25, 0.3) is 5.56 Å². The van der Waals surface area contributed by atoms with Crippen LogP contribution in [0.3, 0.4) is 0 Å². The first-order valence-electron chi connectivity index (χ1n) is 6.83. The van der Waals surface area contributed by atoms with Crippen LogP contribution in [0.5, 0.6) is 0 Å². The van der Waals surface area contributed by atoms with Crippen molar-refractivity contribution in [1.82, 2.24) is 14.5 Å². The van der Waals surface area contributed by atoms with E-state index in [9.17, 15) is 9.59 Å². The molecule has 2 aromatic rings. The SMILES string of the molecule is CCOC(=O)c1cc2c(=O)[nH]c(N)nc2n1CCOCCO. The lowest BCUT2D eigenvalue weighted by Crippen LogP contribution is -2.17. The molecule has 0 aliphatic carbocycles. The van der Waals surface area contributed by atoms with Crippen LogP contribution in [0.25, 0.3) is 11.0 Å². The summed E-state index contributed by atoms with van der Waals surface area (Å²) in [6.07, 6.45) is 0. The van der Waals surface area contributed by atoms with E-state index >= 15 is 0 Å². The zero-order valence-electron chi connectivity index (χ0n) is 12.2. The summed E-state index contributed by atoms with van der Waals surface area (Å²) in [7, 11) is 0. The quantitative estimate of drug-likeness (QED) is 0.463. The molecule has 0 saturated carbocycles. The first kappa shape index (κ1) is 16.0. The second kappa shape index (κ2) is 7.05. The Kier molecular flexibility index (Phi) is 5.12. The van der Waals surface area contributed by atoms with E-state index in [1.807, 2.05) is 0 Å². The first-order chi connectivity index (χ1) is 10.6. The van der Waals surface area contributed by atoms with Gasteiger partial charge in [0.15, 0.2) is 0 Å². The smallest absolute Gasteiger partial charge is 0.355 e. The summed E-state index contributed by atoms with van der Waals surface area (Å²) in [6, 6.07) is 1.42. The Hall–Kier alpha value is -2.39. The minimum Gasteiger partial charge on any atom is -0.461 e. The molecule has 4 N–H and O–H groups in total. The number of hydrogen-bond donors (Lipinski definition) is 3. The molecule has 2 heterocycles. The Labute approximate surface area is 125 Å². The Balaban J connectivity index is 2.45. The van der Waals surface area contributed by atoms with E-state index in [0.29, 0.717) is 0 Å². The number of hydrogen-bond acceptors (Lipinski definition) is 7. The van der Waals surface area contributed by atoms with Crippen molar-refractivity contribution in [1.29, 1.82) is 0 Å². The molecule has 9 heteroatoms. The predicted molar refractivity (Wildman–Crippen MR) is 78.6 cm³/mol. The van der Waals surface area contributed by atoms with Crippen LogP contribution in [-0.4, -0.2) is 52.0 Å². The van der Waals surface area contributed by atoms with Crippen molar-refractivity contribution in [2.24, 2.45) is 0 Å². The minimum atomic E-state index is -0.555. The molecule has 9 nitrogen and oxygen atoms in total. The summed E-state index contributed by atoms with van der Waals surface area (Å²) in [5.41, 5.74) is 5.62. The van der Waals surface area contributed by atoms with Gasteiger partial charge in [0.05, 0.1) is 31.8 Å². The number of fused-ring (bicyclic) bond motifs is 1. The number of nitrogens with zero attached hydrogens (tertiary/aromatic N) is 2. The molecule has 0 spiro atoms. The Morgan fingerprint density at radius 1 is 1.50 bits per heavy atom. The number of rotatable bonds is 7. The second-order valence-electron chi connectivity index (χ2n) is 4.43. The van der Waals surface area contributed by atoms with Gasteiger partial charge in [0, 0.05) is 6.54 Å². The maximum atomic E-state index is 12.0. The molecule has 0 fully saturated rings. The number of aliphatic hydroxyl groups is 1. The lowest BCUT2D eigenvalue weighted by atomic mass is 10.3.